The van der Waals surface area contributed by atoms with Gasteiger partial charge in [-0.25, -0.2) is 0 Å². The van der Waals surface area contributed by atoms with E-state index in [1.54, 1.807) is 0 Å². The second kappa shape index (κ2) is 9.54. The molecule has 2 aliphatic rings. The van der Waals surface area contributed by atoms with E-state index in [1.165, 1.54) is 64.2 Å². The van der Waals surface area contributed by atoms with Crippen LogP contribution in [0, 0.1) is 23.7 Å². The van der Waals surface area contributed by atoms with E-state index in [2.05, 4.69) is 19.9 Å². The third kappa shape index (κ3) is 5.68. The zero-order chi connectivity index (χ0) is 14.9. The van der Waals surface area contributed by atoms with Gasteiger partial charge in [0.1, 0.15) is 0 Å². The number of rotatable bonds is 7. The van der Waals surface area contributed by atoms with E-state index in [-0.39, 0.29) is 0 Å². The third-order valence-corrected chi connectivity index (χ3v) is 5.91. The van der Waals surface area contributed by atoms with E-state index in [0.29, 0.717) is 0 Å². The van der Waals surface area contributed by atoms with Crippen LogP contribution >= 0.6 is 0 Å². The van der Waals surface area contributed by atoms with Gasteiger partial charge in [0.15, 0.2) is 0 Å². The van der Waals surface area contributed by atoms with Crippen molar-refractivity contribution in [1.82, 2.24) is 0 Å². The lowest BCUT2D eigenvalue weighted by atomic mass is 9.69. The van der Waals surface area contributed by atoms with Gasteiger partial charge in [-0.15, -0.1) is 0 Å². The standard InChI is InChI=1S/C20H36O/c1-3-5-15-21-16-18-9-13-20(14-10-18)19-11-7-17(6-4-2)8-12-19/h5,15,17-20H,3-4,6-14,16H2,1-2H3. The van der Waals surface area contributed by atoms with Gasteiger partial charge in [-0.3, -0.25) is 0 Å². The molecule has 1 heteroatoms. The van der Waals surface area contributed by atoms with Crippen molar-refractivity contribution in [1.29, 1.82) is 0 Å². The van der Waals surface area contributed by atoms with Gasteiger partial charge in [-0.2, -0.15) is 0 Å². The fourth-order valence-corrected chi connectivity index (χ4v) is 4.54. The normalized spacial score (nSPS) is 34.2. The summed E-state index contributed by atoms with van der Waals surface area (Å²) in [6, 6.07) is 0. The number of hydrogen-bond donors (Lipinski definition) is 0. The molecule has 0 saturated heterocycles. The van der Waals surface area contributed by atoms with Gasteiger partial charge < -0.3 is 4.74 Å². The van der Waals surface area contributed by atoms with E-state index >= 15 is 0 Å². The lowest BCUT2D eigenvalue weighted by Gasteiger charge is -2.37. The molecule has 21 heavy (non-hydrogen) atoms. The molecule has 0 radical (unpaired) electrons. The van der Waals surface area contributed by atoms with Crippen LogP contribution < -0.4 is 0 Å². The molecule has 0 unspecified atom stereocenters. The summed E-state index contributed by atoms with van der Waals surface area (Å²) in [6.45, 7) is 5.44. The van der Waals surface area contributed by atoms with E-state index in [1.807, 2.05) is 6.26 Å². The topological polar surface area (TPSA) is 9.23 Å². The molecule has 0 amide bonds. The maximum Gasteiger partial charge on any atom is 0.0901 e. The van der Waals surface area contributed by atoms with Crippen LogP contribution in [-0.4, -0.2) is 6.61 Å². The molecule has 2 fully saturated rings. The van der Waals surface area contributed by atoms with Gasteiger partial charge >= 0.3 is 0 Å². The smallest absolute Gasteiger partial charge is 0.0901 e. The molecule has 0 bridgehead atoms. The lowest BCUT2D eigenvalue weighted by molar-refractivity contribution is 0.108. The van der Waals surface area contributed by atoms with Crippen LogP contribution in [0.25, 0.3) is 0 Å². The van der Waals surface area contributed by atoms with Crippen LogP contribution in [0.1, 0.15) is 84.5 Å². The highest BCUT2D eigenvalue weighted by Gasteiger charge is 2.30. The van der Waals surface area contributed by atoms with Crippen molar-refractivity contribution in [2.45, 2.75) is 84.5 Å². The average Bonchev–Trinajstić information content (AvgIpc) is 2.53. The first-order valence-corrected chi connectivity index (χ1v) is 9.60. The van der Waals surface area contributed by atoms with Crippen LogP contribution in [0.3, 0.4) is 0 Å². The first-order chi connectivity index (χ1) is 10.3. The summed E-state index contributed by atoms with van der Waals surface area (Å²) in [4.78, 5) is 0. The van der Waals surface area contributed by atoms with Crippen molar-refractivity contribution in [2.75, 3.05) is 6.61 Å². The van der Waals surface area contributed by atoms with Gasteiger partial charge in [0.2, 0.25) is 0 Å². The number of allylic oxidation sites excluding steroid dienone is 1. The summed E-state index contributed by atoms with van der Waals surface area (Å²) in [5.74, 6) is 3.97. The fourth-order valence-electron chi connectivity index (χ4n) is 4.54. The molecule has 0 aromatic carbocycles. The zero-order valence-electron chi connectivity index (χ0n) is 14.4. The van der Waals surface area contributed by atoms with Crippen LogP contribution in [0.4, 0.5) is 0 Å². The molecule has 0 aromatic rings. The quantitative estimate of drug-likeness (QED) is 0.497. The van der Waals surface area contributed by atoms with Crippen molar-refractivity contribution in [3.63, 3.8) is 0 Å². The van der Waals surface area contributed by atoms with E-state index in [0.717, 1.165) is 36.7 Å². The largest absolute Gasteiger partial charge is 0.501 e. The van der Waals surface area contributed by atoms with Crippen LogP contribution in [0.2, 0.25) is 0 Å². The molecule has 0 spiro atoms. The van der Waals surface area contributed by atoms with Gasteiger partial charge in [-0.05, 0) is 68.6 Å². The highest BCUT2D eigenvalue weighted by atomic mass is 16.5. The van der Waals surface area contributed by atoms with E-state index < -0.39 is 0 Å². The van der Waals surface area contributed by atoms with E-state index in [4.69, 9.17) is 4.74 Å². The van der Waals surface area contributed by atoms with Crippen molar-refractivity contribution >= 4 is 0 Å². The summed E-state index contributed by atoms with van der Waals surface area (Å²) >= 11 is 0. The van der Waals surface area contributed by atoms with Crippen molar-refractivity contribution in [3.8, 4) is 0 Å². The Morgan fingerprint density at radius 2 is 1.38 bits per heavy atom. The summed E-state index contributed by atoms with van der Waals surface area (Å²) < 4.78 is 5.65. The summed E-state index contributed by atoms with van der Waals surface area (Å²) in [7, 11) is 0. The summed E-state index contributed by atoms with van der Waals surface area (Å²) in [5.41, 5.74) is 0. The Balaban J connectivity index is 1.62. The average molecular weight is 293 g/mol. The first-order valence-electron chi connectivity index (χ1n) is 9.60. The summed E-state index contributed by atoms with van der Waals surface area (Å²) in [6.07, 6.45) is 19.8. The van der Waals surface area contributed by atoms with Gasteiger partial charge in [0.25, 0.3) is 0 Å². The van der Waals surface area contributed by atoms with Gasteiger partial charge in [0, 0.05) is 0 Å². The molecule has 2 aliphatic carbocycles. The predicted octanol–water partition coefficient (Wildman–Crippen LogP) is 6.34. The van der Waals surface area contributed by atoms with Crippen LogP contribution in [-0.2, 0) is 4.74 Å². The minimum Gasteiger partial charge on any atom is -0.501 e. The molecule has 1 nitrogen and oxygen atoms in total. The lowest BCUT2D eigenvalue weighted by Crippen LogP contribution is -2.26. The second-order valence-electron chi connectivity index (χ2n) is 7.46. The molecule has 0 heterocycles. The van der Waals surface area contributed by atoms with Crippen LogP contribution in [0.5, 0.6) is 0 Å². The van der Waals surface area contributed by atoms with Gasteiger partial charge in [-0.1, -0.05) is 45.6 Å². The molecule has 2 rings (SSSR count). The molecule has 0 aliphatic heterocycles. The van der Waals surface area contributed by atoms with Gasteiger partial charge in [0.05, 0.1) is 12.9 Å². The Hall–Kier alpha value is -0.460. The van der Waals surface area contributed by atoms with Crippen LogP contribution in [0.15, 0.2) is 12.3 Å². The molecule has 122 valence electrons. The summed E-state index contributed by atoms with van der Waals surface area (Å²) in [5, 5.41) is 0. The third-order valence-electron chi connectivity index (χ3n) is 5.91. The zero-order valence-corrected chi connectivity index (χ0v) is 14.4. The maximum atomic E-state index is 5.65. The SMILES string of the molecule is CCC=COCC1CCC(C2CCC(CCC)CC2)CC1. The Labute approximate surface area is 132 Å². The molecule has 0 N–H and O–H groups in total. The Kier molecular flexibility index (Phi) is 7.68. The molecule has 0 atom stereocenters. The molecule has 0 aromatic heterocycles. The predicted molar refractivity (Wildman–Crippen MR) is 91.2 cm³/mol. The molecular weight excluding hydrogens is 256 g/mol. The number of hydrogen-bond acceptors (Lipinski definition) is 1. The van der Waals surface area contributed by atoms with Crippen molar-refractivity contribution in [3.05, 3.63) is 12.3 Å². The molecular formula is C20H36O. The molecule has 2 saturated carbocycles. The van der Waals surface area contributed by atoms with E-state index in [9.17, 15) is 0 Å². The highest BCUT2D eigenvalue weighted by Crippen LogP contribution is 2.42. The first kappa shape index (κ1) is 16.9. The monoisotopic (exact) mass is 292 g/mol. The fraction of sp³-hybridized carbons (Fsp3) is 0.900. The number of ether oxygens (including phenoxy) is 1. The Morgan fingerprint density at radius 1 is 0.810 bits per heavy atom. The second-order valence-corrected chi connectivity index (χ2v) is 7.46. The minimum absolute atomic E-state index is 0.819. The van der Waals surface area contributed by atoms with Crippen molar-refractivity contribution in [2.24, 2.45) is 23.7 Å². The Morgan fingerprint density at radius 3 is 1.90 bits per heavy atom. The van der Waals surface area contributed by atoms with Crippen molar-refractivity contribution < 1.29 is 4.74 Å². The Bertz CT molecular complexity index is 280. The minimum atomic E-state index is 0.819. The maximum absolute atomic E-state index is 5.65. The highest BCUT2D eigenvalue weighted by molar-refractivity contribution is 4.82.